The van der Waals surface area contributed by atoms with Crippen molar-refractivity contribution in [2.45, 2.75) is 62.4 Å². The molecule has 7 nitrogen and oxygen atoms in total. The van der Waals surface area contributed by atoms with Gasteiger partial charge in [-0.3, -0.25) is 14.4 Å². The van der Waals surface area contributed by atoms with Crippen molar-refractivity contribution < 1.29 is 14.4 Å². The fourth-order valence-electron chi connectivity index (χ4n) is 7.92. The van der Waals surface area contributed by atoms with Gasteiger partial charge >= 0.3 is 0 Å². The number of hydrogen-bond acceptors (Lipinski definition) is 4. The summed E-state index contributed by atoms with van der Waals surface area (Å²) in [6.07, 6.45) is 5.34. The van der Waals surface area contributed by atoms with E-state index in [1.165, 1.54) is 0 Å². The minimum Gasteiger partial charge on any atom is -0.354 e. The van der Waals surface area contributed by atoms with E-state index in [-0.39, 0.29) is 24.1 Å². The first-order valence-electron chi connectivity index (χ1n) is 16.7. The minimum atomic E-state index is -0.722. The lowest BCUT2D eigenvalue weighted by atomic mass is 9.67. The first-order valence-corrected chi connectivity index (χ1v) is 16.7. The summed E-state index contributed by atoms with van der Waals surface area (Å²) in [4.78, 5) is 47.9. The number of nitrogens with one attached hydrogen (secondary N) is 1. The van der Waals surface area contributed by atoms with Gasteiger partial charge in [-0.05, 0) is 74.7 Å². The highest BCUT2D eigenvalue weighted by Crippen LogP contribution is 2.43. The van der Waals surface area contributed by atoms with Crippen LogP contribution in [-0.4, -0.2) is 84.3 Å². The Morgan fingerprint density at radius 2 is 1.20 bits per heavy atom. The van der Waals surface area contributed by atoms with Crippen molar-refractivity contribution in [3.05, 3.63) is 108 Å². The van der Waals surface area contributed by atoms with E-state index < -0.39 is 17.5 Å². The van der Waals surface area contributed by atoms with Gasteiger partial charge in [0.25, 0.3) is 0 Å². The largest absolute Gasteiger partial charge is 0.354 e. The van der Waals surface area contributed by atoms with Crippen molar-refractivity contribution in [1.29, 1.82) is 0 Å². The lowest BCUT2D eigenvalue weighted by molar-refractivity contribution is -0.146. The minimum absolute atomic E-state index is 0.0379. The van der Waals surface area contributed by atoms with Crippen LogP contribution in [0.2, 0.25) is 0 Å². The second kappa shape index (κ2) is 14.0. The molecule has 1 N–H and O–H groups in total. The Kier molecular flexibility index (Phi) is 9.64. The number of carbonyl (C=O) groups excluding carboxylic acids is 3. The molecule has 3 aliphatic rings. The van der Waals surface area contributed by atoms with E-state index in [1.807, 2.05) is 54.6 Å². The molecule has 0 saturated carbocycles. The summed E-state index contributed by atoms with van der Waals surface area (Å²) in [7, 11) is 2.13. The van der Waals surface area contributed by atoms with E-state index in [2.05, 4.69) is 53.7 Å². The fourth-order valence-corrected chi connectivity index (χ4v) is 7.92. The van der Waals surface area contributed by atoms with Crippen molar-refractivity contribution >= 4 is 17.7 Å². The topological polar surface area (TPSA) is 73.0 Å². The molecule has 1 unspecified atom stereocenters. The maximum Gasteiger partial charge on any atom is 0.246 e. The van der Waals surface area contributed by atoms with Crippen LogP contribution in [0.4, 0.5) is 0 Å². The van der Waals surface area contributed by atoms with Gasteiger partial charge < -0.3 is 20.0 Å². The van der Waals surface area contributed by atoms with Crippen LogP contribution in [0.15, 0.2) is 91.0 Å². The molecular formula is C38H46N4O3. The molecule has 3 aliphatic heterocycles. The zero-order valence-corrected chi connectivity index (χ0v) is 26.4. The zero-order valence-electron chi connectivity index (χ0n) is 26.4. The third-order valence-electron chi connectivity index (χ3n) is 10.2. The van der Waals surface area contributed by atoms with Crippen LogP contribution in [0.3, 0.4) is 0 Å². The second-order valence-electron chi connectivity index (χ2n) is 13.1. The van der Waals surface area contributed by atoms with Gasteiger partial charge in [-0.2, -0.15) is 0 Å². The monoisotopic (exact) mass is 606 g/mol. The molecule has 0 aliphatic carbocycles. The van der Waals surface area contributed by atoms with Crippen molar-refractivity contribution in [3.8, 4) is 0 Å². The number of nitrogens with zero attached hydrogens (tertiary/aromatic N) is 3. The molecule has 0 aromatic heterocycles. The van der Waals surface area contributed by atoms with Crippen LogP contribution >= 0.6 is 0 Å². The van der Waals surface area contributed by atoms with Crippen molar-refractivity contribution in [2.24, 2.45) is 5.92 Å². The molecule has 7 heteroatoms. The van der Waals surface area contributed by atoms with E-state index in [9.17, 15) is 14.4 Å². The summed E-state index contributed by atoms with van der Waals surface area (Å²) in [5.41, 5.74) is 2.40. The van der Waals surface area contributed by atoms with Crippen LogP contribution < -0.4 is 5.32 Å². The Bertz CT molecular complexity index is 1350. The van der Waals surface area contributed by atoms with Gasteiger partial charge in [-0.1, -0.05) is 91.0 Å². The standard InChI is InChI=1S/C38H46N4O3/c1-40-23-11-14-29(28-40)27-39-36(44)33-21-12-25-42(33)37(45)34-22-13-24-41(34)35(43)26-38(30-15-5-2-6-16-30,31-17-7-3-8-18-31)32-19-9-4-10-20-32/h2-10,15-20,29,33-34H,11-14,21-28H2,1H3,(H,39,44)/t29?,33-,34+/m1/s1. The van der Waals surface area contributed by atoms with Crippen LogP contribution in [0.5, 0.6) is 0 Å². The van der Waals surface area contributed by atoms with E-state index in [4.69, 9.17) is 0 Å². The number of rotatable bonds is 9. The van der Waals surface area contributed by atoms with Crippen molar-refractivity contribution in [3.63, 3.8) is 0 Å². The van der Waals surface area contributed by atoms with Gasteiger partial charge in [-0.15, -0.1) is 0 Å². The Balaban J connectivity index is 1.23. The lowest BCUT2D eigenvalue weighted by Crippen LogP contribution is -2.54. The summed E-state index contributed by atoms with van der Waals surface area (Å²) in [6.45, 7) is 3.85. The van der Waals surface area contributed by atoms with E-state index in [0.29, 0.717) is 38.4 Å². The summed E-state index contributed by atoms with van der Waals surface area (Å²) in [5.74, 6) is 0.270. The van der Waals surface area contributed by atoms with E-state index in [1.54, 1.807) is 9.80 Å². The third kappa shape index (κ3) is 6.55. The van der Waals surface area contributed by atoms with E-state index in [0.717, 1.165) is 55.5 Å². The summed E-state index contributed by atoms with van der Waals surface area (Å²) in [6, 6.07) is 29.7. The van der Waals surface area contributed by atoms with Gasteiger partial charge in [0.2, 0.25) is 17.7 Å². The maximum atomic E-state index is 14.5. The average molecular weight is 607 g/mol. The predicted octanol–water partition coefficient (Wildman–Crippen LogP) is 4.85. The lowest BCUT2D eigenvalue weighted by Gasteiger charge is -2.38. The van der Waals surface area contributed by atoms with Gasteiger partial charge in [0.1, 0.15) is 12.1 Å². The predicted molar refractivity (Wildman–Crippen MR) is 177 cm³/mol. The molecule has 3 fully saturated rings. The number of piperidine rings is 1. The van der Waals surface area contributed by atoms with Gasteiger partial charge in [-0.25, -0.2) is 0 Å². The maximum absolute atomic E-state index is 14.5. The molecule has 3 saturated heterocycles. The molecule has 236 valence electrons. The Labute approximate surface area is 267 Å². The highest BCUT2D eigenvalue weighted by molar-refractivity contribution is 5.93. The molecule has 0 bridgehead atoms. The number of hydrogen-bond donors (Lipinski definition) is 1. The van der Waals surface area contributed by atoms with Crippen LogP contribution in [0, 0.1) is 5.92 Å². The van der Waals surface area contributed by atoms with E-state index >= 15 is 0 Å². The highest BCUT2D eigenvalue weighted by atomic mass is 16.2. The number of carbonyl (C=O) groups is 3. The van der Waals surface area contributed by atoms with Crippen LogP contribution in [0.25, 0.3) is 0 Å². The highest BCUT2D eigenvalue weighted by Gasteiger charge is 2.45. The number of benzene rings is 3. The molecule has 0 spiro atoms. The van der Waals surface area contributed by atoms with Crippen molar-refractivity contribution in [2.75, 3.05) is 39.8 Å². The molecule has 3 heterocycles. The molecule has 0 radical (unpaired) electrons. The first kappa shape index (κ1) is 31.0. The fraction of sp³-hybridized carbons (Fsp3) is 0.447. The van der Waals surface area contributed by atoms with Crippen molar-refractivity contribution in [1.82, 2.24) is 20.0 Å². The SMILES string of the molecule is CN1CCCC(CNC(=O)[C@H]2CCCN2C(=O)[C@@H]2CCCN2C(=O)CC(c2ccccc2)(c2ccccc2)c2ccccc2)C1. The molecule has 45 heavy (non-hydrogen) atoms. The molecular weight excluding hydrogens is 560 g/mol. The summed E-state index contributed by atoms with van der Waals surface area (Å²) >= 11 is 0. The smallest absolute Gasteiger partial charge is 0.246 e. The van der Waals surface area contributed by atoms with Gasteiger partial charge in [0.15, 0.2) is 0 Å². The van der Waals surface area contributed by atoms with Gasteiger partial charge in [0, 0.05) is 32.6 Å². The summed E-state index contributed by atoms with van der Waals surface area (Å²) < 4.78 is 0. The quantitative estimate of drug-likeness (QED) is 0.354. The first-order chi connectivity index (χ1) is 22.0. The molecule has 6 rings (SSSR count). The Morgan fingerprint density at radius 1 is 0.689 bits per heavy atom. The normalized spacial score (nSPS) is 22.4. The summed E-state index contributed by atoms with van der Waals surface area (Å²) in [5, 5.41) is 3.17. The molecule has 3 aromatic rings. The second-order valence-corrected chi connectivity index (χ2v) is 13.1. The number of amides is 3. The molecule has 3 aromatic carbocycles. The molecule has 3 atom stereocenters. The molecule has 3 amide bonds. The third-order valence-corrected chi connectivity index (χ3v) is 10.2. The average Bonchev–Trinajstić information content (AvgIpc) is 3.78. The van der Waals surface area contributed by atoms with Crippen LogP contribution in [0.1, 0.15) is 61.6 Å². The Morgan fingerprint density at radius 3 is 1.76 bits per heavy atom. The van der Waals surface area contributed by atoms with Crippen LogP contribution in [-0.2, 0) is 19.8 Å². The number of likely N-dealkylation sites (tertiary alicyclic amines) is 3. The zero-order chi connectivity index (χ0) is 31.2. The van der Waals surface area contributed by atoms with Gasteiger partial charge in [0.05, 0.1) is 5.41 Å². The Hall–Kier alpha value is -3.97.